The second-order valence-corrected chi connectivity index (χ2v) is 4.95. The van der Waals surface area contributed by atoms with E-state index < -0.39 is 0 Å². The second-order valence-electron chi connectivity index (χ2n) is 4.95. The number of nitrogens with zero attached hydrogens (tertiary/aromatic N) is 2. The molecule has 0 saturated carbocycles. The van der Waals surface area contributed by atoms with Crippen LogP contribution in [-0.4, -0.2) is 21.3 Å². The number of imidazole rings is 1. The molecule has 2 aromatic rings. The minimum absolute atomic E-state index is 0.170. The fourth-order valence-electron chi connectivity index (χ4n) is 2.30. The summed E-state index contributed by atoms with van der Waals surface area (Å²) in [5.74, 6) is 1.22. The van der Waals surface area contributed by atoms with E-state index in [0.29, 0.717) is 6.04 Å². The van der Waals surface area contributed by atoms with E-state index in [0.717, 1.165) is 16.9 Å². The van der Waals surface area contributed by atoms with Crippen LogP contribution in [0.3, 0.4) is 0 Å². The second kappa shape index (κ2) is 4.49. The summed E-state index contributed by atoms with van der Waals surface area (Å²) in [4.78, 5) is 4.59. The largest absolute Gasteiger partial charge is 0.396 e. The van der Waals surface area contributed by atoms with Crippen LogP contribution in [0.25, 0.3) is 11.0 Å². The molecule has 17 heavy (non-hydrogen) atoms. The molecule has 0 aliphatic rings. The summed E-state index contributed by atoms with van der Waals surface area (Å²) in [7, 11) is 0. The highest BCUT2D eigenvalue weighted by molar-refractivity contribution is 5.77. The lowest BCUT2D eigenvalue weighted by molar-refractivity contribution is 0.273. The minimum atomic E-state index is 0.170. The fraction of sp³-hybridized carbons (Fsp3) is 0.500. The molecule has 1 unspecified atom stereocenters. The maximum Gasteiger partial charge on any atom is 0.106 e. The molecule has 1 heterocycles. The minimum Gasteiger partial charge on any atom is -0.396 e. The summed E-state index contributed by atoms with van der Waals surface area (Å²) >= 11 is 0. The van der Waals surface area contributed by atoms with E-state index in [4.69, 9.17) is 0 Å². The zero-order valence-corrected chi connectivity index (χ0v) is 10.9. The van der Waals surface area contributed by atoms with Crippen LogP contribution in [-0.2, 0) is 0 Å². The van der Waals surface area contributed by atoms with Gasteiger partial charge < -0.3 is 9.67 Å². The molecule has 1 aromatic heterocycles. The van der Waals surface area contributed by atoms with E-state index in [1.54, 1.807) is 0 Å². The summed E-state index contributed by atoms with van der Waals surface area (Å²) in [5, 5.41) is 9.18. The van der Waals surface area contributed by atoms with Crippen LogP contribution in [0.4, 0.5) is 0 Å². The lowest BCUT2D eigenvalue weighted by Crippen LogP contribution is -2.03. The van der Waals surface area contributed by atoms with Gasteiger partial charge in [-0.2, -0.15) is 0 Å². The van der Waals surface area contributed by atoms with E-state index in [9.17, 15) is 5.11 Å². The molecule has 3 heteroatoms. The van der Waals surface area contributed by atoms with E-state index in [1.165, 1.54) is 5.52 Å². The third-order valence-electron chi connectivity index (χ3n) is 3.25. The van der Waals surface area contributed by atoms with Crippen LogP contribution in [0.1, 0.15) is 44.1 Å². The van der Waals surface area contributed by atoms with Gasteiger partial charge in [-0.15, -0.1) is 0 Å². The van der Waals surface area contributed by atoms with Gasteiger partial charge in [0.1, 0.15) is 5.82 Å². The van der Waals surface area contributed by atoms with E-state index in [2.05, 4.69) is 41.6 Å². The van der Waals surface area contributed by atoms with Crippen LogP contribution in [0.2, 0.25) is 0 Å². The van der Waals surface area contributed by atoms with Crippen molar-refractivity contribution >= 4 is 11.0 Å². The average molecular weight is 232 g/mol. The van der Waals surface area contributed by atoms with Crippen molar-refractivity contribution in [3.63, 3.8) is 0 Å². The van der Waals surface area contributed by atoms with Gasteiger partial charge in [0, 0.05) is 18.6 Å². The first-order valence-electron chi connectivity index (χ1n) is 6.14. The van der Waals surface area contributed by atoms with Crippen LogP contribution < -0.4 is 0 Å². The number of fused-ring (bicyclic) bond motifs is 1. The van der Waals surface area contributed by atoms with E-state index in [1.807, 2.05) is 13.8 Å². The SMILES string of the molecule is Cc1nc2cc(C(C)CO)ccc2n1C(C)C. The normalized spacial score (nSPS) is 13.5. The van der Waals surface area contributed by atoms with Crippen molar-refractivity contribution in [2.24, 2.45) is 0 Å². The Morgan fingerprint density at radius 2 is 2.00 bits per heavy atom. The van der Waals surface area contributed by atoms with Crippen molar-refractivity contribution < 1.29 is 5.11 Å². The number of hydrogen-bond donors (Lipinski definition) is 1. The zero-order valence-electron chi connectivity index (χ0n) is 10.9. The van der Waals surface area contributed by atoms with Gasteiger partial charge in [-0.1, -0.05) is 13.0 Å². The van der Waals surface area contributed by atoms with Crippen molar-refractivity contribution in [3.05, 3.63) is 29.6 Å². The molecule has 0 amide bonds. The topological polar surface area (TPSA) is 38.1 Å². The number of rotatable bonds is 3. The van der Waals surface area contributed by atoms with Gasteiger partial charge in [-0.05, 0) is 38.5 Å². The quantitative estimate of drug-likeness (QED) is 0.883. The standard InChI is InChI=1S/C14H20N2O/c1-9(2)16-11(4)15-13-7-12(10(3)8-17)5-6-14(13)16/h5-7,9-10,17H,8H2,1-4H3. The molecule has 92 valence electrons. The van der Waals surface area contributed by atoms with Crippen LogP contribution in [0, 0.1) is 6.92 Å². The monoisotopic (exact) mass is 232 g/mol. The Bertz CT molecular complexity index is 528. The van der Waals surface area contributed by atoms with Crippen molar-refractivity contribution in [2.75, 3.05) is 6.61 Å². The molecule has 0 aliphatic heterocycles. The highest BCUT2D eigenvalue weighted by Crippen LogP contribution is 2.24. The predicted molar refractivity (Wildman–Crippen MR) is 70.4 cm³/mol. The number of aryl methyl sites for hydroxylation is 1. The highest BCUT2D eigenvalue weighted by atomic mass is 16.3. The molecular weight excluding hydrogens is 212 g/mol. The van der Waals surface area contributed by atoms with Gasteiger partial charge in [0.25, 0.3) is 0 Å². The number of aliphatic hydroxyl groups is 1. The van der Waals surface area contributed by atoms with E-state index in [-0.39, 0.29) is 12.5 Å². The molecule has 1 atom stereocenters. The molecule has 2 rings (SSSR count). The zero-order chi connectivity index (χ0) is 12.6. The molecule has 0 aliphatic carbocycles. The summed E-state index contributed by atoms with van der Waals surface area (Å²) in [6, 6.07) is 6.70. The van der Waals surface area contributed by atoms with Crippen LogP contribution >= 0.6 is 0 Å². The Morgan fingerprint density at radius 1 is 1.29 bits per heavy atom. The summed E-state index contributed by atoms with van der Waals surface area (Å²) in [6.07, 6.45) is 0. The van der Waals surface area contributed by atoms with Crippen molar-refractivity contribution in [1.29, 1.82) is 0 Å². The Labute approximate surface area is 102 Å². The molecule has 0 spiro atoms. The first-order chi connectivity index (χ1) is 8.04. The van der Waals surface area contributed by atoms with Gasteiger partial charge in [0.15, 0.2) is 0 Å². The van der Waals surface area contributed by atoms with Gasteiger partial charge in [-0.25, -0.2) is 4.98 Å². The van der Waals surface area contributed by atoms with Crippen molar-refractivity contribution in [1.82, 2.24) is 9.55 Å². The molecule has 1 aromatic carbocycles. The Balaban J connectivity index is 2.57. The Kier molecular flexibility index (Phi) is 3.20. The first kappa shape index (κ1) is 12.1. The average Bonchev–Trinajstić information content (AvgIpc) is 2.62. The number of aliphatic hydroxyl groups excluding tert-OH is 1. The Hall–Kier alpha value is -1.35. The summed E-state index contributed by atoms with van der Waals surface area (Å²) in [5.41, 5.74) is 3.34. The Morgan fingerprint density at radius 3 is 2.59 bits per heavy atom. The molecule has 0 saturated heterocycles. The van der Waals surface area contributed by atoms with Crippen molar-refractivity contribution in [3.8, 4) is 0 Å². The lowest BCUT2D eigenvalue weighted by Gasteiger charge is -2.11. The van der Waals surface area contributed by atoms with Gasteiger partial charge >= 0.3 is 0 Å². The van der Waals surface area contributed by atoms with Crippen LogP contribution in [0.15, 0.2) is 18.2 Å². The molecule has 0 fully saturated rings. The smallest absolute Gasteiger partial charge is 0.106 e. The third-order valence-corrected chi connectivity index (χ3v) is 3.25. The van der Waals surface area contributed by atoms with Gasteiger partial charge in [-0.3, -0.25) is 0 Å². The molecular formula is C14H20N2O. The number of hydrogen-bond acceptors (Lipinski definition) is 2. The van der Waals surface area contributed by atoms with Gasteiger partial charge in [0.05, 0.1) is 11.0 Å². The van der Waals surface area contributed by atoms with Gasteiger partial charge in [0.2, 0.25) is 0 Å². The summed E-state index contributed by atoms with van der Waals surface area (Å²) in [6.45, 7) is 8.56. The fourth-order valence-corrected chi connectivity index (χ4v) is 2.30. The molecule has 0 radical (unpaired) electrons. The number of benzene rings is 1. The highest BCUT2D eigenvalue weighted by Gasteiger charge is 2.12. The predicted octanol–water partition coefficient (Wildman–Crippen LogP) is 3.02. The maximum atomic E-state index is 9.18. The van der Waals surface area contributed by atoms with E-state index >= 15 is 0 Å². The third kappa shape index (κ3) is 2.07. The summed E-state index contributed by atoms with van der Waals surface area (Å²) < 4.78 is 2.24. The van der Waals surface area contributed by atoms with Crippen molar-refractivity contribution in [2.45, 2.75) is 39.7 Å². The number of aromatic nitrogens is 2. The first-order valence-corrected chi connectivity index (χ1v) is 6.14. The molecule has 3 nitrogen and oxygen atoms in total. The lowest BCUT2D eigenvalue weighted by atomic mass is 10.0. The van der Waals surface area contributed by atoms with Crippen LogP contribution in [0.5, 0.6) is 0 Å². The maximum absolute atomic E-state index is 9.18. The molecule has 1 N–H and O–H groups in total. The molecule has 0 bridgehead atoms.